The average Bonchev–Trinajstić information content (AvgIpc) is 3.31. The van der Waals surface area contributed by atoms with E-state index in [-0.39, 0.29) is 12.2 Å². The third-order valence-electron chi connectivity index (χ3n) is 5.01. The number of imidazole rings is 1. The topological polar surface area (TPSA) is 184 Å². The van der Waals surface area contributed by atoms with E-state index in [0.29, 0.717) is 22.7 Å². The molecular formula is C20H30N6O7S. The number of rotatable bonds is 8. The Labute approximate surface area is 200 Å². The van der Waals surface area contributed by atoms with Gasteiger partial charge >= 0.3 is 12.1 Å². The molecule has 1 fully saturated rings. The zero-order chi connectivity index (χ0) is 25.0. The maximum atomic E-state index is 12.0. The minimum atomic E-state index is -1.21. The van der Waals surface area contributed by atoms with Gasteiger partial charge in [0.1, 0.15) is 35.7 Å². The number of nitrogens with two attached hydrogens (primary N) is 1. The van der Waals surface area contributed by atoms with Crippen molar-refractivity contribution in [3.63, 3.8) is 0 Å². The molecule has 1 saturated heterocycles. The quantitative estimate of drug-likeness (QED) is 0.287. The van der Waals surface area contributed by atoms with E-state index in [0.717, 1.165) is 0 Å². The number of methoxy groups -OCH3 is 1. The summed E-state index contributed by atoms with van der Waals surface area (Å²) in [6, 6.07) is -0.887. The van der Waals surface area contributed by atoms with Gasteiger partial charge in [0.15, 0.2) is 17.7 Å². The highest BCUT2D eigenvalue weighted by Gasteiger charge is 2.44. The first-order chi connectivity index (χ1) is 16.0. The SMILES string of the molecule is COC(=O)[C@H](CCSC[C@H]1O[C@@H](n2cnc3c(N)ncnc32)[C@H](O)[C@@H]1O)NC(=O)OC(C)(C)C. The number of carbonyl (C=O) groups excluding carboxylic acids is 2. The van der Waals surface area contributed by atoms with Crippen molar-refractivity contribution in [3.05, 3.63) is 12.7 Å². The van der Waals surface area contributed by atoms with Gasteiger partial charge in [-0.15, -0.1) is 0 Å². The number of anilines is 1. The van der Waals surface area contributed by atoms with E-state index in [9.17, 15) is 19.8 Å². The summed E-state index contributed by atoms with van der Waals surface area (Å²) >= 11 is 1.39. The molecule has 0 bridgehead atoms. The van der Waals surface area contributed by atoms with Gasteiger partial charge in [0, 0.05) is 5.75 Å². The highest BCUT2D eigenvalue weighted by molar-refractivity contribution is 7.99. The second kappa shape index (κ2) is 10.7. The van der Waals surface area contributed by atoms with Crippen LogP contribution in [-0.4, -0.2) is 90.4 Å². The lowest BCUT2D eigenvalue weighted by Crippen LogP contribution is -2.44. The smallest absolute Gasteiger partial charge is 0.408 e. The summed E-state index contributed by atoms with van der Waals surface area (Å²) in [5.41, 5.74) is 5.85. The van der Waals surface area contributed by atoms with Crippen LogP contribution in [0.5, 0.6) is 0 Å². The number of aliphatic hydroxyl groups is 2. The first-order valence-electron chi connectivity index (χ1n) is 10.6. The van der Waals surface area contributed by atoms with Crippen LogP contribution in [0.2, 0.25) is 0 Å². The molecule has 34 heavy (non-hydrogen) atoms. The second-order valence-electron chi connectivity index (χ2n) is 8.71. The standard InChI is InChI=1S/C20H30N6O7S/c1-20(2,3)33-19(30)25-10(18(29)31-4)5-6-34-7-11-13(27)14(28)17(32-11)26-9-24-12-15(21)22-8-23-16(12)26/h8-11,13-14,17,27-28H,5-7H2,1-4H3,(H,25,30)(H2,21,22,23)/t10-,11+,13+,14+,17+/m0/s1. The van der Waals surface area contributed by atoms with Gasteiger partial charge in [-0.25, -0.2) is 24.5 Å². The molecule has 0 saturated carbocycles. The van der Waals surface area contributed by atoms with Gasteiger partial charge in [-0.2, -0.15) is 11.8 Å². The molecule has 14 heteroatoms. The fourth-order valence-corrected chi connectivity index (χ4v) is 4.47. The number of ether oxygens (including phenoxy) is 3. The Morgan fingerprint density at radius 2 is 2.03 bits per heavy atom. The summed E-state index contributed by atoms with van der Waals surface area (Å²) in [5.74, 6) is 0.385. The molecule has 5 N–H and O–H groups in total. The molecule has 2 aromatic rings. The Bertz CT molecular complexity index is 1010. The zero-order valence-corrected chi connectivity index (χ0v) is 20.2. The molecule has 188 valence electrons. The number of esters is 1. The highest BCUT2D eigenvalue weighted by atomic mass is 32.2. The fraction of sp³-hybridized carbons (Fsp3) is 0.650. The molecule has 5 atom stereocenters. The van der Waals surface area contributed by atoms with Crippen LogP contribution >= 0.6 is 11.8 Å². The van der Waals surface area contributed by atoms with E-state index in [2.05, 4.69) is 20.3 Å². The number of nitrogens with zero attached hydrogens (tertiary/aromatic N) is 4. The Kier molecular flexibility index (Phi) is 8.17. The minimum absolute atomic E-state index is 0.198. The van der Waals surface area contributed by atoms with E-state index in [1.807, 2.05) is 0 Å². The van der Waals surface area contributed by atoms with Crippen molar-refractivity contribution in [1.82, 2.24) is 24.8 Å². The number of nitrogen functional groups attached to an aromatic ring is 1. The molecule has 0 radical (unpaired) electrons. The van der Waals surface area contributed by atoms with Crippen LogP contribution < -0.4 is 11.1 Å². The van der Waals surface area contributed by atoms with E-state index < -0.39 is 48.2 Å². The van der Waals surface area contributed by atoms with Gasteiger partial charge in [0.05, 0.1) is 19.5 Å². The van der Waals surface area contributed by atoms with Crippen molar-refractivity contribution in [2.75, 3.05) is 24.3 Å². The maximum Gasteiger partial charge on any atom is 0.408 e. The third-order valence-corrected chi connectivity index (χ3v) is 6.10. The monoisotopic (exact) mass is 498 g/mol. The van der Waals surface area contributed by atoms with Crippen molar-refractivity contribution in [1.29, 1.82) is 0 Å². The number of alkyl carbamates (subject to hydrolysis) is 1. The number of thioether (sulfide) groups is 1. The number of aliphatic hydroxyl groups excluding tert-OH is 2. The van der Waals surface area contributed by atoms with Crippen LogP contribution in [0.4, 0.5) is 10.6 Å². The van der Waals surface area contributed by atoms with Crippen LogP contribution in [0.15, 0.2) is 12.7 Å². The molecule has 1 amide bonds. The fourth-order valence-electron chi connectivity index (χ4n) is 3.39. The molecule has 3 rings (SSSR count). The van der Waals surface area contributed by atoms with Crippen molar-refractivity contribution < 1.29 is 34.0 Å². The Hall–Kier alpha value is -2.68. The summed E-state index contributed by atoms with van der Waals surface area (Å²) in [6.45, 7) is 5.16. The number of carbonyl (C=O) groups is 2. The average molecular weight is 499 g/mol. The molecule has 0 aliphatic carbocycles. The minimum Gasteiger partial charge on any atom is -0.467 e. The summed E-state index contributed by atoms with van der Waals surface area (Å²) in [6.07, 6.45) is -1.69. The Balaban J connectivity index is 1.55. The Morgan fingerprint density at radius 3 is 2.71 bits per heavy atom. The number of nitrogens with one attached hydrogen (secondary N) is 1. The molecule has 1 aliphatic rings. The first kappa shape index (κ1) is 25.9. The lowest BCUT2D eigenvalue weighted by Gasteiger charge is -2.22. The molecule has 0 aromatic carbocycles. The molecule has 0 unspecified atom stereocenters. The largest absolute Gasteiger partial charge is 0.467 e. The normalized spacial score (nSPS) is 23.6. The maximum absolute atomic E-state index is 12.0. The lowest BCUT2D eigenvalue weighted by molar-refractivity contribution is -0.143. The van der Waals surface area contributed by atoms with Crippen LogP contribution in [0, 0.1) is 0 Å². The molecule has 1 aliphatic heterocycles. The van der Waals surface area contributed by atoms with Crippen molar-refractivity contribution in [2.24, 2.45) is 0 Å². The van der Waals surface area contributed by atoms with Gasteiger partial charge in [0.2, 0.25) is 0 Å². The second-order valence-corrected chi connectivity index (χ2v) is 9.86. The molecule has 3 heterocycles. The summed E-state index contributed by atoms with van der Waals surface area (Å²) < 4.78 is 17.3. The number of aromatic nitrogens is 4. The molecule has 0 spiro atoms. The molecule has 2 aromatic heterocycles. The number of hydrogen-bond acceptors (Lipinski definition) is 12. The van der Waals surface area contributed by atoms with Gasteiger partial charge in [-0.1, -0.05) is 0 Å². The predicted octanol–water partition coefficient (Wildman–Crippen LogP) is 0.217. The molecular weight excluding hydrogens is 468 g/mol. The highest BCUT2D eigenvalue weighted by Crippen LogP contribution is 2.33. The number of hydrogen-bond donors (Lipinski definition) is 4. The van der Waals surface area contributed by atoms with Gasteiger partial charge in [-0.05, 0) is 32.9 Å². The lowest BCUT2D eigenvalue weighted by atomic mass is 10.1. The number of fused-ring (bicyclic) bond motifs is 1. The third kappa shape index (κ3) is 6.05. The van der Waals surface area contributed by atoms with Gasteiger partial charge in [0.25, 0.3) is 0 Å². The van der Waals surface area contributed by atoms with Gasteiger partial charge < -0.3 is 35.5 Å². The van der Waals surface area contributed by atoms with E-state index in [1.54, 1.807) is 20.8 Å². The predicted molar refractivity (Wildman–Crippen MR) is 123 cm³/mol. The van der Waals surface area contributed by atoms with E-state index in [1.165, 1.54) is 36.1 Å². The first-order valence-corrected chi connectivity index (χ1v) is 11.8. The van der Waals surface area contributed by atoms with Crippen molar-refractivity contribution in [3.8, 4) is 0 Å². The zero-order valence-electron chi connectivity index (χ0n) is 19.4. The summed E-state index contributed by atoms with van der Waals surface area (Å²) in [4.78, 5) is 36.2. The van der Waals surface area contributed by atoms with Crippen molar-refractivity contribution >= 4 is 40.8 Å². The Morgan fingerprint density at radius 1 is 1.29 bits per heavy atom. The number of amides is 1. The summed E-state index contributed by atoms with van der Waals surface area (Å²) in [7, 11) is 1.24. The van der Waals surface area contributed by atoms with Crippen LogP contribution in [0.1, 0.15) is 33.4 Å². The van der Waals surface area contributed by atoms with Crippen molar-refractivity contribution in [2.45, 2.75) is 63.4 Å². The van der Waals surface area contributed by atoms with Crippen LogP contribution in [0.25, 0.3) is 11.2 Å². The van der Waals surface area contributed by atoms with E-state index >= 15 is 0 Å². The van der Waals surface area contributed by atoms with Gasteiger partial charge in [-0.3, -0.25) is 4.57 Å². The van der Waals surface area contributed by atoms with Crippen LogP contribution in [-0.2, 0) is 19.0 Å². The van der Waals surface area contributed by atoms with E-state index in [4.69, 9.17) is 19.9 Å². The van der Waals surface area contributed by atoms with Crippen LogP contribution in [0.3, 0.4) is 0 Å². The molecule has 13 nitrogen and oxygen atoms in total. The summed E-state index contributed by atoms with van der Waals surface area (Å²) in [5, 5.41) is 23.5.